The number of Topliss-reactive ketones (excluding diaryl/α,β-unsaturated/α-hetero) is 2. The lowest BCUT2D eigenvalue weighted by atomic mass is 9.48. The summed E-state index contributed by atoms with van der Waals surface area (Å²) >= 11 is 0. The number of esters is 2. The summed E-state index contributed by atoms with van der Waals surface area (Å²) in [6.45, 7) is 16.1. The summed E-state index contributed by atoms with van der Waals surface area (Å²) in [5.41, 5.74) is 2.29. The van der Waals surface area contributed by atoms with Gasteiger partial charge in [-0.15, -0.1) is 0 Å². The summed E-state index contributed by atoms with van der Waals surface area (Å²) in [7, 11) is 1.40. The first-order valence-electron chi connectivity index (χ1n) is 14.5. The Morgan fingerprint density at radius 1 is 1.16 bits per heavy atom. The molecule has 4 aliphatic carbocycles. The molecule has 0 heterocycles. The Balaban J connectivity index is 1.65. The lowest BCUT2D eigenvalue weighted by Crippen LogP contribution is -2.54. The van der Waals surface area contributed by atoms with Crippen molar-refractivity contribution in [1.29, 1.82) is 0 Å². The maximum absolute atomic E-state index is 14.1. The molecule has 0 N–H and O–H groups in total. The monoisotopic (exact) mass is 526 g/mol. The van der Waals surface area contributed by atoms with Crippen LogP contribution in [-0.2, 0) is 28.7 Å². The number of methoxy groups -OCH3 is 1. The maximum Gasteiger partial charge on any atom is 0.312 e. The molecule has 9 atom stereocenters. The van der Waals surface area contributed by atoms with E-state index >= 15 is 0 Å². The third kappa shape index (κ3) is 4.60. The predicted octanol–water partition coefficient (Wildman–Crippen LogP) is 6.03. The molecule has 2 saturated carbocycles. The van der Waals surface area contributed by atoms with E-state index in [9.17, 15) is 19.2 Å². The van der Waals surface area contributed by atoms with E-state index in [4.69, 9.17) is 9.47 Å². The number of ketones is 2. The molecule has 0 radical (unpaired) electrons. The first kappa shape index (κ1) is 28.8. The number of fused-ring (bicyclic) bond motifs is 4. The fourth-order valence-electron chi connectivity index (χ4n) is 8.96. The Kier molecular flexibility index (Phi) is 7.86. The van der Waals surface area contributed by atoms with Crippen molar-refractivity contribution in [2.24, 2.45) is 46.3 Å². The van der Waals surface area contributed by atoms with E-state index < -0.39 is 6.10 Å². The van der Waals surface area contributed by atoms with Gasteiger partial charge in [0.15, 0.2) is 5.78 Å². The molecule has 0 amide bonds. The Hall–Kier alpha value is -2.24. The summed E-state index contributed by atoms with van der Waals surface area (Å²) in [6.07, 6.45) is 5.54. The van der Waals surface area contributed by atoms with Gasteiger partial charge in [-0.1, -0.05) is 39.8 Å². The molecule has 4 aliphatic rings. The highest BCUT2D eigenvalue weighted by Gasteiger charge is 2.62. The lowest BCUT2D eigenvalue weighted by Gasteiger charge is -2.56. The third-order valence-corrected chi connectivity index (χ3v) is 11.2. The van der Waals surface area contributed by atoms with E-state index in [0.29, 0.717) is 37.5 Å². The van der Waals surface area contributed by atoms with Crippen LogP contribution in [0.1, 0.15) is 92.9 Å². The molecule has 0 saturated heterocycles. The summed E-state index contributed by atoms with van der Waals surface area (Å²) in [6, 6.07) is 0. The van der Waals surface area contributed by atoms with Crippen LogP contribution in [0.15, 0.2) is 23.3 Å². The van der Waals surface area contributed by atoms with Gasteiger partial charge in [-0.3, -0.25) is 19.2 Å². The van der Waals surface area contributed by atoms with Crippen LogP contribution >= 0.6 is 0 Å². The Labute approximate surface area is 228 Å². The average Bonchev–Trinajstić information content (AvgIpc) is 3.20. The average molecular weight is 527 g/mol. The first-order chi connectivity index (χ1) is 17.8. The van der Waals surface area contributed by atoms with Gasteiger partial charge in [-0.25, -0.2) is 0 Å². The molecule has 38 heavy (non-hydrogen) atoms. The van der Waals surface area contributed by atoms with Crippen LogP contribution in [0.4, 0.5) is 0 Å². The number of hydrogen-bond donors (Lipinski definition) is 0. The topological polar surface area (TPSA) is 86.7 Å². The number of rotatable bonds is 7. The highest BCUT2D eigenvalue weighted by Crippen LogP contribution is 2.65. The number of hydrogen-bond acceptors (Lipinski definition) is 6. The van der Waals surface area contributed by atoms with Crippen LogP contribution in [0, 0.1) is 46.3 Å². The minimum Gasteiger partial charge on any atom is -0.469 e. The third-order valence-electron chi connectivity index (χ3n) is 11.2. The zero-order chi connectivity index (χ0) is 28.2. The smallest absolute Gasteiger partial charge is 0.312 e. The van der Waals surface area contributed by atoms with Gasteiger partial charge < -0.3 is 9.47 Å². The fraction of sp³-hybridized carbons (Fsp3) is 0.750. The van der Waals surface area contributed by atoms with Gasteiger partial charge in [0.1, 0.15) is 11.9 Å². The van der Waals surface area contributed by atoms with E-state index in [2.05, 4.69) is 27.4 Å². The molecule has 4 rings (SSSR count). The highest BCUT2D eigenvalue weighted by molar-refractivity contribution is 6.00. The fourth-order valence-corrected chi connectivity index (χ4v) is 8.96. The molecule has 6 heteroatoms. The van der Waals surface area contributed by atoms with Gasteiger partial charge in [0, 0.05) is 36.7 Å². The SMILES string of the molecule is C=C(CC[C@@H](C)[C@H]1CC[C@H]2C3=C(C(=O)C[C@]12C)[C@@]1(C)CCC(=O)[C@@H](C)C1C[C@H]3OC(C)=O)C(C)C(=O)OC. The van der Waals surface area contributed by atoms with E-state index in [1.54, 1.807) is 0 Å². The minimum absolute atomic E-state index is 0.0130. The Bertz CT molecular complexity index is 1070. The molecule has 0 spiro atoms. The largest absolute Gasteiger partial charge is 0.469 e. The van der Waals surface area contributed by atoms with Crippen molar-refractivity contribution in [3.8, 4) is 0 Å². The van der Waals surface area contributed by atoms with Crippen molar-refractivity contribution in [2.45, 2.75) is 99.0 Å². The zero-order valence-electron chi connectivity index (χ0n) is 24.4. The van der Waals surface area contributed by atoms with Crippen molar-refractivity contribution in [2.75, 3.05) is 7.11 Å². The van der Waals surface area contributed by atoms with E-state index in [1.807, 2.05) is 13.8 Å². The normalized spacial score (nSPS) is 38.0. The molecular weight excluding hydrogens is 480 g/mol. The molecular formula is C32H46O6. The van der Waals surface area contributed by atoms with Gasteiger partial charge >= 0.3 is 11.9 Å². The molecule has 0 aromatic heterocycles. The van der Waals surface area contributed by atoms with Gasteiger partial charge in [0.2, 0.25) is 0 Å². The van der Waals surface area contributed by atoms with E-state index in [1.165, 1.54) is 14.0 Å². The molecule has 0 aliphatic heterocycles. The summed E-state index contributed by atoms with van der Waals surface area (Å²) in [5.74, 6) is 0.293. The molecule has 210 valence electrons. The summed E-state index contributed by atoms with van der Waals surface area (Å²) in [4.78, 5) is 51.0. The van der Waals surface area contributed by atoms with Crippen molar-refractivity contribution >= 4 is 23.5 Å². The summed E-state index contributed by atoms with van der Waals surface area (Å²) < 4.78 is 10.8. The standard InChI is InChI=1S/C32H46O6/c1-17(19(3)30(36)37-8)9-10-18(2)22-11-12-23-28-27(38-21(5)33)15-24-20(4)25(34)13-14-31(24,6)29(28)26(35)16-32(22,23)7/h18-20,22-24,27H,1,9-16H2,2-8H3/t18-,19?,20+,22-,23+,24?,27-,31+,32-/m1/s1. The summed E-state index contributed by atoms with van der Waals surface area (Å²) in [5, 5.41) is 0. The van der Waals surface area contributed by atoms with E-state index in [0.717, 1.165) is 42.4 Å². The van der Waals surface area contributed by atoms with Gasteiger partial charge in [0.05, 0.1) is 13.0 Å². The number of allylic oxidation sites excluding steroid dienone is 1. The lowest BCUT2D eigenvalue weighted by molar-refractivity contribution is -0.150. The molecule has 2 unspecified atom stereocenters. The van der Waals surface area contributed by atoms with Gasteiger partial charge in [-0.2, -0.15) is 0 Å². The van der Waals surface area contributed by atoms with Crippen LogP contribution in [0.3, 0.4) is 0 Å². The quantitative estimate of drug-likeness (QED) is 0.297. The molecule has 0 aromatic carbocycles. The van der Waals surface area contributed by atoms with Crippen LogP contribution in [-0.4, -0.2) is 36.7 Å². The van der Waals surface area contributed by atoms with Crippen molar-refractivity contribution in [1.82, 2.24) is 0 Å². The van der Waals surface area contributed by atoms with Crippen molar-refractivity contribution in [3.63, 3.8) is 0 Å². The number of ether oxygens (including phenoxy) is 2. The van der Waals surface area contributed by atoms with Crippen LogP contribution < -0.4 is 0 Å². The first-order valence-corrected chi connectivity index (χ1v) is 14.5. The van der Waals surface area contributed by atoms with Gasteiger partial charge in [0.25, 0.3) is 0 Å². The van der Waals surface area contributed by atoms with E-state index in [-0.39, 0.29) is 58.0 Å². The molecule has 0 aromatic rings. The number of carbonyl (C=O) groups is 4. The molecule has 2 fully saturated rings. The van der Waals surface area contributed by atoms with Crippen molar-refractivity contribution in [3.05, 3.63) is 23.3 Å². The van der Waals surface area contributed by atoms with Gasteiger partial charge in [-0.05, 0) is 80.1 Å². The Morgan fingerprint density at radius 3 is 2.47 bits per heavy atom. The zero-order valence-corrected chi connectivity index (χ0v) is 24.4. The minimum atomic E-state index is -0.433. The molecule has 6 nitrogen and oxygen atoms in total. The Morgan fingerprint density at radius 2 is 1.84 bits per heavy atom. The van der Waals surface area contributed by atoms with Crippen molar-refractivity contribution < 1.29 is 28.7 Å². The second-order valence-corrected chi connectivity index (χ2v) is 13.2. The predicted molar refractivity (Wildman–Crippen MR) is 145 cm³/mol. The highest BCUT2D eigenvalue weighted by atomic mass is 16.5. The second-order valence-electron chi connectivity index (χ2n) is 13.2. The van der Waals surface area contributed by atoms with Crippen LogP contribution in [0.25, 0.3) is 0 Å². The second kappa shape index (κ2) is 10.4. The van der Waals surface area contributed by atoms with Crippen LogP contribution in [0.5, 0.6) is 0 Å². The number of carbonyl (C=O) groups excluding carboxylic acids is 4. The molecule has 0 bridgehead atoms. The maximum atomic E-state index is 14.1. The van der Waals surface area contributed by atoms with Crippen LogP contribution in [0.2, 0.25) is 0 Å².